The molecule has 1 rings (SSSR count). The summed E-state index contributed by atoms with van der Waals surface area (Å²) in [7, 11) is 0. The fourth-order valence-electron chi connectivity index (χ4n) is 1.88. The van der Waals surface area contributed by atoms with Crippen LogP contribution in [0.2, 0.25) is 0 Å². The van der Waals surface area contributed by atoms with Crippen molar-refractivity contribution in [2.24, 2.45) is 11.3 Å². The molecule has 0 saturated carbocycles. The highest BCUT2D eigenvalue weighted by Crippen LogP contribution is 2.29. The predicted octanol–water partition coefficient (Wildman–Crippen LogP) is 1.15. The minimum absolute atomic E-state index is 0.130. The smallest absolute Gasteiger partial charge is 0.227 e. The zero-order valence-electron chi connectivity index (χ0n) is 9.52. The Bertz CT molecular complexity index is 195. The number of nitrogens with one attached hydrogen (secondary N) is 2. The molecule has 2 N–H and O–H groups in total. The molecule has 0 aromatic rings. The average Bonchev–Trinajstić information content (AvgIpc) is 2.63. The number of hydrogen-bond donors (Lipinski definition) is 2. The maximum atomic E-state index is 12.0. The third-order valence-electron chi connectivity index (χ3n) is 3.07. The van der Waals surface area contributed by atoms with E-state index in [2.05, 4.69) is 31.4 Å². The van der Waals surface area contributed by atoms with Crippen LogP contribution in [0.1, 0.15) is 33.6 Å². The number of carbonyl (C=O) groups excluding carboxylic acids is 1. The molecule has 82 valence electrons. The van der Waals surface area contributed by atoms with Gasteiger partial charge in [0.2, 0.25) is 5.91 Å². The van der Waals surface area contributed by atoms with Crippen molar-refractivity contribution in [3.63, 3.8) is 0 Å². The number of rotatable bonds is 4. The Kier molecular flexibility index (Phi) is 3.93. The average molecular weight is 198 g/mol. The summed E-state index contributed by atoms with van der Waals surface area (Å²) in [6.07, 6.45) is 1.91. The Morgan fingerprint density at radius 2 is 2.29 bits per heavy atom. The quantitative estimate of drug-likeness (QED) is 0.711. The van der Waals surface area contributed by atoms with Crippen molar-refractivity contribution >= 4 is 5.91 Å². The number of carbonyl (C=O) groups is 1. The van der Waals surface area contributed by atoms with E-state index in [1.54, 1.807) is 0 Å². The topological polar surface area (TPSA) is 41.1 Å². The SMILES string of the molecule is CCC1(C(=O)NCC(C)C)CCNC1. The van der Waals surface area contributed by atoms with Gasteiger partial charge in [-0.15, -0.1) is 0 Å². The molecule has 1 atom stereocenters. The molecular weight excluding hydrogens is 176 g/mol. The molecular formula is C11H22N2O. The molecule has 0 aromatic carbocycles. The van der Waals surface area contributed by atoms with Crippen LogP contribution in [0.5, 0.6) is 0 Å². The van der Waals surface area contributed by atoms with Gasteiger partial charge in [-0.3, -0.25) is 4.79 Å². The summed E-state index contributed by atoms with van der Waals surface area (Å²) in [5.41, 5.74) is -0.130. The Morgan fingerprint density at radius 3 is 2.71 bits per heavy atom. The lowest BCUT2D eigenvalue weighted by Crippen LogP contribution is -2.43. The first-order chi connectivity index (χ1) is 6.60. The first-order valence-electron chi connectivity index (χ1n) is 5.60. The van der Waals surface area contributed by atoms with Gasteiger partial charge in [-0.2, -0.15) is 0 Å². The van der Waals surface area contributed by atoms with Gasteiger partial charge in [0.15, 0.2) is 0 Å². The van der Waals surface area contributed by atoms with Crippen molar-refractivity contribution in [3.8, 4) is 0 Å². The van der Waals surface area contributed by atoms with Crippen LogP contribution in [0, 0.1) is 11.3 Å². The zero-order valence-corrected chi connectivity index (χ0v) is 9.52. The monoisotopic (exact) mass is 198 g/mol. The van der Waals surface area contributed by atoms with Crippen LogP contribution in [0.25, 0.3) is 0 Å². The summed E-state index contributed by atoms with van der Waals surface area (Å²) in [6, 6.07) is 0. The molecule has 1 aliphatic heterocycles. The molecule has 1 fully saturated rings. The molecule has 1 unspecified atom stereocenters. The van der Waals surface area contributed by atoms with Gasteiger partial charge >= 0.3 is 0 Å². The van der Waals surface area contributed by atoms with Gasteiger partial charge in [0.05, 0.1) is 5.41 Å². The molecule has 0 spiro atoms. The predicted molar refractivity (Wildman–Crippen MR) is 58.1 cm³/mol. The van der Waals surface area contributed by atoms with Crippen molar-refractivity contribution in [1.82, 2.24) is 10.6 Å². The van der Waals surface area contributed by atoms with Gasteiger partial charge in [0, 0.05) is 13.1 Å². The standard InChI is InChI=1S/C11H22N2O/c1-4-11(5-6-12-8-11)10(14)13-7-9(2)3/h9,12H,4-8H2,1-3H3,(H,13,14). The molecule has 1 amide bonds. The Labute approximate surface area is 86.6 Å². The van der Waals surface area contributed by atoms with Crippen molar-refractivity contribution in [3.05, 3.63) is 0 Å². The number of amides is 1. The maximum absolute atomic E-state index is 12.0. The summed E-state index contributed by atoms with van der Waals surface area (Å²) in [5, 5.41) is 6.31. The molecule has 3 heteroatoms. The van der Waals surface area contributed by atoms with Crippen LogP contribution in [0.3, 0.4) is 0 Å². The van der Waals surface area contributed by atoms with Crippen molar-refractivity contribution in [2.75, 3.05) is 19.6 Å². The first-order valence-corrected chi connectivity index (χ1v) is 5.60. The third-order valence-corrected chi connectivity index (χ3v) is 3.07. The van der Waals surface area contributed by atoms with E-state index < -0.39 is 0 Å². The third kappa shape index (κ3) is 2.47. The molecule has 1 heterocycles. The lowest BCUT2D eigenvalue weighted by molar-refractivity contribution is -0.130. The Morgan fingerprint density at radius 1 is 1.57 bits per heavy atom. The van der Waals surface area contributed by atoms with Gasteiger partial charge in [-0.25, -0.2) is 0 Å². The fraction of sp³-hybridized carbons (Fsp3) is 0.909. The van der Waals surface area contributed by atoms with Gasteiger partial charge in [0.25, 0.3) is 0 Å². The van der Waals surface area contributed by atoms with Gasteiger partial charge in [0.1, 0.15) is 0 Å². The Balaban J connectivity index is 2.48. The van der Waals surface area contributed by atoms with Crippen LogP contribution in [-0.4, -0.2) is 25.5 Å². The van der Waals surface area contributed by atoms with Gasteiger partial charge in [-0.05, 0) is 25.3 Å². The van der Waals surface area contributed by atoms with Crippen molar-refractivity contribution in [2.45, 2.75) is 33.6 Å². The molecule has 1 saturated heterocycles. The van der Waals surface area contributed by atoms with Crippen molar-refractivity contribution < 1.29 is 4.79 Å². The molecule has 1 aliphatic rings. The number of hydrogen-bond acceptors (Lipinski definition) is 2. The maximum Gasteiger partial charge on any atom is 0.227 e. The molecule has 0 aromatic heterocycles. The van der Waals surface area contributed by atoms with Crippen molar-refractivity contribution in [1.29, 1.82) is 0 Å². The second-order valence-corrected chi connectivity index (χ2v) is 4.66. The summed E-state index contributed by atoms with van der Waals surface area (Å²) in [5.74, 6) is 0.765. The highest BCUT2D eigenvalue weighted by atomic mass is 16.2. The fourth-order valence-corrected chi connectivity index (χ4v) is 1.88. The van der Waals surface area contributed by atoms with Crippen LogP contribution in [0.4, 0.5) is 0 Å². The zero-order chi connectivity index (χ0) is 10.6. The van der Waals surface area contributed by atoms with E-state index in [1.165, 1.54) is 0 Å². The molecule has 0 radical (unpaired) electrons. The lowest BCUT2D eigenvalue weighted by Gasteiger charge is -2.25. The van der Waals surface area contributed by atoms with E-state index in [0.29, 0.717) is 5.92 Å². The van der Waals surface area contributed by atoms with Crippen LogP contribution >= 0.6 is 0 Å². The normalized spacial score (nSPS) is 26.9. The second-order valence-electron chi connectivity index (χ2n) is 4.66. The largest absolute Gasteiger partial charge is 0.355 e. The summed E-state index contributed by atoms with van der Waals surface area (Å²) in [6.45, 7) is 8.94. The van der Waals surface area contributed by atoms with E-state index in [4.69, 9.17) is 0 Å². The first kappa shape index (κ1) is 11.5. The van der Waals surface area contributed by atoms with E-state index in [9.17, 15) is 4.79 Å². The van der Waals surface area contributed by atoms with Crippen LogP contribution in [0.15, 0.2) is 0 Å². The van der Waals surface area contributed by atoms with E-state index in [0.717, 1.165) is 32.5 Å². The summed E-state index contributed by atoms with van der Waals surface area (Å²) in [4.78, 5) is 12.0. The Hall–Kier alpha value is -0.570. The van der Waals surface area contributed by atoms with E-state index >= 15 is 0 Å². The van der Waals surface area contributed by atoms with Crippen LogP contribution < -0.4 is 10.6 Å². The lowest BCUT2D eigenvalue weighted by atomic mass is 9.83. The summed E-state index contributed by atoms with van der Waals surface area (Å²) < 4.78 is 0. The molecule has 0 aliphatic carbocycles. The van der Waals surface area contributed by atoms with Gasteiger partial charge in [-0.1, -0.05) is 20.8 Å². The molecule has 0 bridgehead atoms. The van der Waals surface area contributed by atoms with E-state index in [-0.39, 0.29) is 11.3 Å². The minimum atomic E-state index is -0.130. The highest BCUT2D eigenvalue weighted by Gasteiger charge is 2.39. The minimum Gasteiger partial charge on any atom is -0.355 e. The molecule has 14 heavy (non-hydrogen) atoms. The van der Waals surface area contributed by atoms with E-state index in [1.807, 2.05) is 0 Å². The summed E-state index contributed by atoms with van der Waals surface area (Å²) >= 11 is 0. The van der Waals surface area contributed by atoms with Crippen LogP contribution in [-0.2, 0) is 4.79 Å². The molecule has 3 nitrogen and oxygen atoms in total. The second kappa shape index (κ2) is 4.78. The highest BCUT2D eigenvalue weighted by molar-refractivity contribution is 5.83. The van der Waals surface area contributed by atoms with Gasteiger partial charge < -0.3 is 10.6 Å².